The third kappa shape index (κ3) is 4.43. The quantitative estimate of drug-likeness (QED) is 0.595. The molecule has 6 heteroatoms. The number of nitrogens with one attached hydrogen (secondary N) is 1. The molecule has 0 aliphatic heterocycles. The zero-order valence-electron chi connectivity index (χ0n) is 15.3. The molecule has 3 rings (SSSR count). The number of ether oxygens (including phenoxy) is 1. The molecule has 0 bridgehead atoms. The van der Waals surface area contributed by atoms with Crippen LogP contribution in [0.2, 0.25) is 0 Å². The highest BCUT2D eigenvalue weighted by atomic mass is 32.1. The summed E-state index contributed by atoms with van der Waals surface area (Å²) in [5.74, 6) is -0.813. The van der Waals surface area contributed by atoms with Crippen molar-refractivity contribution in [2.75, 3.05) is 0 Å². The summed E-state index contributed by atoms with van der Waals surface area (Å²) < 4.78 is 7.52. The Balaban J connectivity index is 1.52. The highest BCUT2D eigenvalue weighted by molar-refractivity contribution is 7.09. The molecule has 1 saturated carbocycles. The number of rotatable bonds is 7. The van der Waals surface area contributed by atoms with Gasteiger partial charge >= 0.3 is 5.97 Å². The molecule has 0 unspecified atom stereocenters. The number of thiophene rings is 1. The second kappa shape index (κ2) is 7.91. The standard InChI is InChI=1S/C20H24N2O3S/c1-13-11-16(14(2)22(13)17-7-8-17)6-9-19(23)25-15(3)20(24)21-12-18-5-4-10-26-18/h4-6,9-11,15,17H,7-8,12H2,1-3H3,(H,21,24)/b9-6+/t15-/m1/s1. The number of hydrogen-bond donors (Lipinski definition) is 1. The number of aryl methyl sites for hydroxylation is 1. The van der Waals surface area contributed by atoms with Crippen LogP contribution in [0.25, 0.3) is 6.08 Å². The molecule has 2 heterocycles. The summed E-state index contributed by atoms with van der Waals surface area (Å²) in [5.41, 5.74) is 3.39. The van der Waals surface area contributed by atoms with Gasteiger partial charge in [0.1, 0.15) is 0 Å². The fourth-order valence-corrected chi connectivity index (χ4v) is 3.67. The highest BCUT2D eigenvalue weighted by Crippen LogP contribution is 2.38. The molecule has 0 radical (unpaired) electrons. The van der Waals surface area contributed by atoms with Gasteiger partial charge < -0.3 is 14.6 Å². The van der Waals surface area contributed by atoms with E-state index in [0.717, 1.165) is 16.1 Å². The predicted octanol–water partition coefficient (Wildman–Crippen LogP) is 3.76. The molecule has 1 fully saturated rings. The summed E-state index contributed by atoms with van der Waals surface area (Å²) in [7, 11) is 0. The van der Waals surface area contributed by atoms with Gasteiger partial charge in [0.25, 0.3) is 5.91 Å². The number of aromatic nitrogens is 1. The Kier molecular flexibility index (Phi) is 5.61. The van der Waals surface area contributed by atoms with Crippen molar-refractivity contribution in [2.45, 2.75) is 52.3 Å². The average molecular weight is 372 g/mol. The molecule has 1 atom stereocenters. The van der Waals surface area contributed by atoms with Crippen LogP contribution in [0.5, 0.6) is 0 Å². The largest absolute Gasteiger partial charge is 0.449 e. The van der Waals surface area contributed by atoms with Crippen molar-refractivity contribution in [3.05, 3.63) is 51.5 Å². The van der Waals surface area contributed by atoms with Crippen molar-refractivity contribution in [3.8, 4) is 0 Å². The van der Waals surface area contributed by atoms with Gasteiger partial charge in [-0.3, -0.25) is 4.79 Å². The van der Waals surface area contributed by atoms with Crippen LogP contribution in [0.3, 0.4) is 0 Å². The van der Waals surface area contributed by atoms with Crippen molar-refractivity contribution >= 4 is 29.3 Å². The normalized spacial score (nSPS) is 15.2. The SMILES string of the molecule is Cc1cc(/C=C/C(=O)O[C@H](C)C(=O)NCc2cccs2)c(C)n1C1CC1. The number of hydrogen-bond acceptors (Lipinski definition) is 4. The first kappa shape index (κ1) is 18.5. The summed E-state index contributed by atoms with van der Waals surface area (Å²) in [6.45, 7) is 6.17. The van der Waals surface area contributed by atoms with Crippen molar-refractivity contribution in [2.24, 2.45) is 0 Å². The van der Waals surface area contributed by atoms with Crippen LogP contribution in [0.1, 0.15) is 47.6 Å². The molecular formula is C20H24N2O3S. The van der Waals surface area contributed by atoms with Crippen molar-refractivity contribution in [3.63, 3.8) is 0 Å². The first-order chi connectivity index (χ1) is 12.5. The zero-order valence-corrected chi connectivity index (χ0v) is 16.1. The molecule has 26 heavy (non-hydrogen) atoms. The maximum absolute atomic E-state index is 12.0. The number of esters is 1. The van der Waals surface area contributed by atoms with E-state index in [1.807, 2.05) is 17.5 Å². The molecule has 2 aromatic rings. The van der Waals surface area contributed by atoms with Gasteiger partial charge in [-0.15, -0.1) is 11.3 Å². The molecule has 5 nitrogen and oxygen atoms in total. The number of carbonyl (C=O) groups is 2. The van der Waals surface area contributed by atoms with Crippen molar-refractivity contribution in [1.82, 2.24) is 9.88 Å². The Morgan fingerprint density at radius 1 is 1.42 bits per heavy atom. The summed E-state index contributed by atoms with van der Waals surface area (Å²) in [6.07, 6.45) is 4.77. The second-order valence-electron chi connectivity index (χ2n) is 6.64. The smallest absolute Gasteiger partial charge is 0.331 e. The van der Waals surface area contributed by atoms with Gasteiger partial charge in [0.05, 0.1) is 6.54 Å². The van der Waals surface area contributed by atoms with E-state index in [2.05, 4.69) is 29.8 Å². The lowest BCUT2D eigenvalue weighted by molar-refractivity contribution is -0.150. The van der Waals surface area contributed by atoms with E-state index in [4.69, 9.17) is 4.74 Å². The molecule has 0 spiro atoms. The Labute approximate surface area is 157 Å². The second-order valence-corrected chi connectivity index (χ2v) is 7.67. The van der Waals surface area contributed by atoms with Gasteiger partial charge in [-0.1, -0.05) is 6.07 Å². The summed E-state index contributed by atoms with van der Waals surface area (Å²) in [5, 5.41) is 4.72. The summed E-state index contributed by atoms with van der Waals surface area (Å²) in [4.78, 5) is 25.1. The first-order valence-corrected chi connectivity index (χ1v) is 9.71. The van der Waals surface area contributed by atoms with E-state index >= 15 is 0 Å². The van der Waals surface area contributed by atoms with Crippen LogP contribution in [-0.2, 0) is 20.9 Å². The predicted molar refractivity (Wildman–Crippen MR) is 103 cm³/mol. The van der Waals surface area contributed by atoms with E-state index in [9.17, 15) is 9.59 Å². The molecule has 0 saturated heterocycles. The van der Waals surface area contributed by atoms with E-state index in [1.54, 1.807) is 24.3 Å². The van der Waals surface area contributed by atoms with Gasteiger partial charge in [0, 0.05) is 28.4 Å². The first-order valence-electron chi connectivity index (χ1n) is 8.83. The van der Waals surface area contributed by atoms with Crippen LogP contribution in [0.15, 0.2) is 29.7 Å². The van der Waals surface area contributed by atoms with Gasteiger partial charge in [-0.2, -0.15) is 0 Å². The summed E-state index contributed by atoms with van der Waals surface area (Å²) in [6, 6.07) is 6.56. The highest BCUT2D eigenvalue weighted by Gasteiger charge is 2.26. The molecule has 1 aliphatic carbocycles. The topological polar surface area (TPSA) is 60.3 Å². The molecule has 1 amide bonds. The van der Waals surface area contributed by atoms with E-state index < -0.39 is 12.1 Å². The summed E-state index contributed by atoms with van der Waals surface area (Å²) >= 11 is 1.57. The zero-order chi connectivity index (χ0) is 18.7. The van der Waals surface area contributed by atoms with E-state index in [0.29, 0.717) is 12.6 Å². The number of nitrogens with zero attached hydrogens (tertiary/aromatic N) is 1. The minimum atomic E-state index is -0.828. The number of amides is 1. The lowest BCUT2D eigenvalue weighted by Crippen LogP contribution is -2.34. The molecule has 1 aliphatic rings. The van der Waals surface area contributed by atoms with Gasteiger partial charge in [0.2, 0.25) is 0 Å². The number of carbonyl (C=O) groups excluding carboxylic acids is 2. The lowest BCUT2D eigenvalue weighted by Gasteiger charge is -2.11. The fourth-order valence-electron chi connectivity index (χ4n) is 3.02. The Hall–Kier alpha value is -2.34. The van der Waals surface area contributed by atoms with Gasteiger partial charge in [0.15, 0.2) is 6.10 Å². The Morgan fingerprint density at radius 3 is 2.85 bits per heavy atom. The Morgan fingerprint density at radius 2 is 2.19 bits per heavy atom. The average Bonchev–Trinajstić information content (AvgIpc) is 3.20. The minimum Gasteiger partial charge on any atom is -0.449 e. The maximum atomic E-state index is 12.0. The molecular weight excluding hydrogens is 348 g/mol. The van der Waals surface area contributed by atoms with Crippen molar-refractivity contribution < 1.29 is 14.3 Å². The van der Waals surface area contributed by atoms with Gasteiger partial charge in [-0.25, -0.2) is 4.79 Å². The molecule has 0 aromatic carbocycles. The monoisotopic (exact) mass is 372 g/mol. The molecule has 138 valence electrons. The molecule has 2 aromatic heterocycles. The van der Waals surface area contributed by atoms with Gasteiger partial charge in [-0.05, 0) is 62.8 Å². The van der Waals surface area contributed by atoms with E-state index in [-0.39, 0.29) is 5.91 Å². The van der Waals surface area contributed by atoms with Crippen LogP contribution < -0.4 is 5.32 Å². The van der Waals surface area contributed by atoms with Crippen LogP contribution in [-0.4, -0.2) is 22.5 Å². The maximum Gasteiger partial charge on any atom is 0.331 e. The third-order valence-electron chi connectivity index (χ3n) is 4.51. The minimum absolute atomic E-state index is 0.299. The lowest BCUT2D eigenvalue weighted by atomic mass is 10.2. The van der Waals surface area contributed by atoms with Crippen LogP contribution in [0, 0.1) is 13.8 Å². The van der Waals surface area contributed by atoms with E-state index in [1.165, 1.54) is 24.6 Å². The molecule has 1 N–H and O–H groups in total. The Bertz CT molecular complexity index is 816. The third-order valence-corrected chi connectivity index (χ3v) is 5.39. The van der Waals surface area contributed by atoms with Crippen LogP contribution in [0.4, 0.5) is 0 Å². The fraction of sp³-hybridized carbons (Fsp3) is 0.400. The van der Waals surface area contributed by atoms with Crippen LogP contribution >= 0.6 is 11.3 Å². The van der Waals surface area contributed by atoms with Crippen molar-refractivity contribution in [1.29, 1.82) is 0 Å².